The molecule has 0 fully saturated rings. The number of carbonyl (C=O) groups excluding carboxylic acids is 1. The van der Waals surface area contributed by atoms with Crippen LogP contribution in [0.5, 0.6) is 5.75 Å². The molecule has 0 radical (unpaired) electrons. The fraction of sp³-hybridized carbons (Fsp3) is 0.526. The van der Waals surface area contributed by atoms with Gasteiger partial charge in [-0.25, -0.2) is 0 Å². The summed E-state index contributed by atoms with van der Waals surface area (Å²) >= 11 is 0. The average Bonchev–Trinajstić information content (AvgIpc) is 2.38. The summed E-state index contributed by atoms with van der Waals surface area (Å²) < 4.78 is 5.71. The summed E-state index contributed by atoms with van der Waals surface area (Å²) in [7, 11) is 0. The van der Waals surface area contributed by atoms with Crippen LogP contribution in [0.3, 0.4) is 0 Å². The van der Waals surface area contributed by atoms with Crippen LogP contribution in [0.4, 0.5) is 0 Å². The van der Waals surface area contributed by atoms with Crippen LogP contribution in [0.25, 0.3) is 5.57 Å². The first-order valence-electron chi connectivity index (χ1n) is 7.80. The highest BCUT2D eigenvalue weighted by Gasteiger charge is 2.31. The molecule has 1 aliphatic rings. The van der Waals surface area contributed by atoms with E-state index in [0.29, 0.717) is 18.1 Å². The van der Waals surface area contributed by atoms with E-state index in [2.05, 4.69) is 39.8 Å². The van der Waals surface area contributed by atoms with Crippen LogP contribution < -0.4 is 4.74 Å². The molecule has 1 aromatic rings. The lowest BCUT2D eigenvalue weighted by Crippen LogP contribution is -2.23. The number of rotatable bonds is 4. The molecule has 1 aliphatic carbocycles. The zero-order valence-electron chi connectivity index (χ0n) is 14.0. The molecule has 0 aliphatic heterocycles. The summed E-state index contributed by atoms with van der Waals surface area (Å²) in [5.74, 6) is 1.24. The quantitative estimate of drug-likeness (QED) is 0.727. The Labute approximate surface area is 128 Å². The maximum absolute atomic E-state index is 12.0. The van der Waals surface area contributed by atoms with Crippen molar-refractivity contribution in [1.82, 2.24) is 0 Å². The predicted molar refractivity (Wildman–Crippen MR) is 88.1 cm³/mol. The van der Waals surface area contributed by atoms with Gasteiger partial charge >= 0.3 is 0 Å². The first kappa shape index (κ1) is 15.8. The molecular weight excluding hydrogens is 260 g/mol. The van der Waals surface area contributed by atoms with E-state index < -0.39 is 0 Å². The molecule has 0 spiro atoms. The highest BCUT2D eigenvalue weighted by molar-refractivity contribution is 5.98. The van der Waals surface area contributed by atoms with Gasteiger partial charge in [0.15, 0.2) is 5.78 Å². The average molecular weight is 286 g/mol. The molecular formula is C19H26O2. The van der Waals surface area contributed by atoms with Crippen LogP contribution in [0.1, 0.15) is 69.4 Å². The molecule has 0 bridgehead atoms. The van der Waals surface area contributed by atoms with Crippen LogP contribution in [-0.4, -0.2) is 12.4 Å². The molecule has 1 aromatic carbocycles. The van der Waals surface area contributed by atoms with Gasteiger partial charge in [-0.2, -0.15) is 0 Å². The molecule has 2 rings (SSSR count). The molecule has 2 nitrogen and oxygen atoms in total. The summed E-state index contributed by atoms with van der Waals surface area (Å²) in [5.41, 5.74) is 4.63. The van der Waals surface area contributed by atoms with Gasteiger partial charge < -0.3 is 4.74 Å². The van der Waals surface area contributed by atoms with Crippen molar-refractivity contribution < 1.29 is 9.53 Å². The number of fused-ring (bicyclic) bond motifs is 1. The van der Waals surface area contributed by atoms with E-state index in [4.69, 9.17) is 4.74 Å². The van der Waals surface area contributed by atoms with Crippen molar-refractivity contribution in [2.75, 3.05) is 6.61 Å². The van der Waals surface area contributed by atoms with E-state index in [0.717, 1.165) is 12.2 Å². The Bertz CT molecular complexity index is 592. The lowest BCUT2D eigenvalue weighted by atomic mass is 9.71. The van der Waals surface area contributed by atoms with Crippen molar-refractivity contribution in [2.45, 2.75) is 53.4 Å². The highest BCUT2D eigenvalue weighted by Crippen LogP contribution is 2.44. The Balaban J connectivity index is 2.70. The molecule has 2 heteroatoms. The van der Waals surface area contributed by atoms with E-state index in [9.17, 15) is 4.79 Å². The normalized spacial score (nSPS) is 16.4. The topological polar surface area (TPSA) is 26.3 Å². The Kier molecular flexibility index (Phi) is 4.27. The molecule has 0 amide bonds. The third-order valence-electron chi connectivity index (χ3n) is 4.29. The SMILES string of the molecule is CCOc1cc2c(cc1C(C)=O)C(C(C)C)=CCC2(C)C. The number of allylic oxidation sites excluding steroid dienone is 2. The number of hydrogen-bond donors (Lipinski definition) is 0. The van der Waals surface area contributed by atoms with Gasteiger partial charge in [0.2, 0.25) is 0 Å². The molecule has 0 heterocycles. The van der Waals surface area contributed by atoms with Crippen molar-refractivity contribution in [3.05, 3.63) is 34.9 Å². The van der Waals surface area contributed by atoms with Crippen LogP contribution in [-0.2, 0) is 5.41 Å². The van der Waals surface area contributed by atoms with Crippen molar-refractivity contribution in [3.63, 3.8) is 0 Å². The minimum absolute atomic E-state index is 0.0627. The summed E-state index contributed by atoms with van der Waals surface area (Å²) in [6.07, 6.45) is 3.36. The Morgan fingerprint density at radius 3 is 2.52 bits per heavy atom. The lowest BCUT2D eigenvalue weighted by molar-refractivity contribution is 0.101. The maximum Gasteiger partial charge on any atom is 0.163 e. The number of hydrogen-bond acceptors (Lipinski definition) is 2. The van der Waals surface area contributed by atoms with Gasteiger partial charge in [-0.1, -0.05) is 33.8 Å². The predicted octanol–water partition coefficient (Wildman–Crippen LogP) is 5.01. The first-order chi connectivity index (χ1) is 9.77. The van der Waals surface area contributed by atoms with Crippen molar-refractivity contribution in [2.24, 2.45) is 5.92 Å². The van der Waals surface area contributed by atoms with E-state index in [1.165, 1.54) is 16.7 Å². The maximum atomic E-state index is 12.0. The fourth-order valence-corrected chi connectivity index (χ4v) is 3.06. The monoisotopic (exact) mass is 286 g/mol. The minimum atomic E-state index is 0.0627. The van der Waals surface area contributed by atoms with Gasteiger partial charge in [-0.05, 0) is 60.4 Å². The van der Waals surface area contributed by atoms with Gasteiger partial charge in [0, 0.05) is 0 Å². The molecule has 114 valence electrons. The van der Waals surface area contributed by atoms with Gasteiger partial charge in [-0.3, -0.25) is 4.79 Å². The van der Waals surface area contributed by atoms with Crippen LogP contribution in [0.2, 0.25) is 0 Å². The molecule has 0 unspecified atom stereocenters. The number of ether oxygens (including phenoxy) is 1. The molecule has 0 saturated carbocycles. The van der Waals surface area contributed by atoms with Crippen molar-refractivity contribution >= 4 is 11.4 Å². The molecule has 0 atom stereocenters. The Hall–Kier alpha value is -1.57. The second-order valence-electron chi connectivity index (χ2n) is 6.79. The zero-order chi connectivity index (χ0) is 15.8. The first-order valence-corrected chi connectivity index (χ1v) is 7.80. The largest absolute Gasteiger partial charge is 0.493 e. The zero-order valence-corrected chi connectivity index (χ0v) is 14.0. The molecule has 0 N–H and O–H groups in total. The van der Waals surface area contributed by atoms with E-state index in [1.54, 1.807) is 6.92 Å². The fourth-order valence-electron chi connectivity index (χ4n) is 3.06. The molecule has 0 saturated heterocycles. The Morgan fingerprint density at radius 1 is 1.33 bits per heavy atom. The summed E-state index contributed by atoms with van der Waals surface area (Å²) in [5, 5.41) is 0. The van der Waals surface area contributed by atoms with E-state index in [-0.39, 0.29) is 11.2 Å². The second-order valence-corrected chi connectivity index (χ2v) is 6.79. The summed E-state index contributed by atoms with van der Waals surface area (Å²) in [6, 6.07) is 4.13. The third-order valence-corrected chi connectivity index (χ3v) is 4.29. The van der Waals surface area contributed by atoms with Crippen LogP contribution >= 0.6 is 0 Å². The summed E-state index contributed by atoms with van der Waals surface area (Å²) in [6.45, 7) is 13.1. The number of ketones is 1. The Morgan fingerprint density at radius 2 is 2.00 bits per heavy atom. The van der Waals surface area contributed by atoms with Gasteiger partial charge in [0.25, 0.3) is 0 Å². The second kappa shape index (κ2) is 5.67. The number of benzene rings is 1. The van der Waals surface area contributed by atoms with E-state index >= 15 is 0 Å². The number of Topliss-reactive ketones (excluding diaryl/α,β-unsaturated/α-hetero) is 1. The van der Waals surface area contributed by atoms with E-state index in [1.807, 2.05) is 13.0 Å². The third kappa shape index (κ3) is 2.90. The van der Waals surface area contributed by atoms with Crippen LogP contribution in [0, 0.1) is 5.92 Å². The minimum Gasteiger partial charge on any atom is -0.493 e. The van der Waals surface area contributed by atoms with Crippen molar-refractivity contribution in [1.29, 1.82) is 0 Å². The van der Waals surface area contributed by atoms with Crippen molar-refractivity contribution in [3.8, 4) is 5.75 Å². The van der Waals surface area contributed by atoms with Gasteiger partial charge in [0.05, 0.1) is 12.2 Å². The highest BCUT2D eigenvalue weighted by atomic mass is 16.5. The lowest BCUT2D eigenvalue weighted by Gasteiger charge is -2.34. The van der Waals surface area contributed by atoms with Gasteiger partial charge in [-0.15, -0.1) is 0 Å². The molecule has 21 heavy (non-hydrogen) atoms. The van der Waals surface area contributed by atoms with Crippen LogP contribution in [0.15, 0.2) is 18.2 Å². The smallest absolute Gasteiger partial charge is 0.163 e. The number of carbonyl (C=O) groups is 1. The standard InChI is InChI=1S/C19H26O2/c1-7-21-18-11-17-16(10-15(18)13(4)20)14(12(2)3)8-9-19(17,5)6/h8,10-12H,7,9H2,1-6H3. The molecule has 0 aromatic heterocycles. The van der Waals surface area contributed by atoms with Gasteiger partial charge in [0.1, 0.15) is 5.75 Å². The summed E-state index contributed by atoms with van der Waals surface area (Å²) in [4.78, 5) is 12.0.